The van der Waals surface area contributed by atoms with Crippen LogP contribution < -0.4 is 9.64 Å². The van der Waals surface area contributed by atoms with Crippen molar-refractivity contribution in [1.82, 2.24) is 24.1 Å². The minimum Gasteiger partial charge on any atom is -0.485 e. The highest BCUT2D eigenvalue weighted by Crippen LogP contribution is 2.42. The van der Waals surface area contributed by atoms with E-state index in [2.05, 4.69) is 25.2 Å². The predicted molar refractivity (Wildman–Crippen MR) is 141 cm³/mol. The molecule has 0 bridgehead atoms. The van der Waals surface area contributed by atoms with Gasteiger partial charge in [-0.2, -0.15) is 4.37 Å². The molecule has 5 heterocycles. The first-order chi connectivity index (χ1) is 17.9. The molecule has 3 aromatic rings. The van der Waals surface area contributed by atoms with E-state index in [-0.39, 0.29) is 23.8 Å². The van der Waals surface area contributed by atoms with Gasteiger partial charge in [0.2, 0.25) is 5.13 Å². The number of nitrogens with zero attached hydrogens (tertiary/aromatic N) is 6. The third-order valence-electron chi connectivity index (χ3n) is 7.39. The Kier molecular flexibility index (Phi) is 6.16. The van der Waals surface area contributed by atoms with Crippen LogP contribution in [0, 0.1) is 0 Å². The number of carbonyl (C=O) groups is 2. The third-order valence-corrected chi connectivity index (χ3v) is 8.21. The van der Waals surface area contributed by atoms with Gasteiger partial charge < -0.3 is 19.4 Å². The summed E-state index contributed by atoms with van der Waals surface area (Å²) in [5, 5.41) is 0.990. The van der Waals surface area contributed by atoms with Gasteiger partial charge in [0.25, 0.3) is 5.91 Å². The zero-order valence-corrected chi connectivity index (χ0v) is 22.0. The number of aromatic nitrogens is 3. The Morgan fingerprint density at radius 2 is 1.95 bits per heavy atom. The highest BCUT2D eigenvalue weighted by Gasteiger charge is 2.42. The lowest BCUT2D eigenvalue weighted by Crippen LogP contribution is -2.47. The molecule has 9 nitrogen and oxygen atoms in total. The zero-order valence-electron chi connectivity index (χ0n) is 21.1. The summed E-state index contributed by atoms with van der Waals surface area (Å²) in [6.07, 6.45) is 5.00. The quantitative estimate of drug-likeness (QED) is 0.509. The van der Waals surface area contributed by atoms with Crippen molar-refractivity contribution in [2.45, 2.75) is 37.8 Å². The van der Waals surface area contributed by atoms with Crippen LogP contribution in [0.15, 0.2) is 36.5 Å². The fourth-order valence-corrected chi connectivity index (χ4v) is 6.09. The molecule has 0 radical (unpaired) electrons. The molecule has 192 valence electrons. The Morgan fingerprint density at radius 1 is 1.16 bits per heavy atom. The Labute approximate surface area is 220 Å². The molecule has 0 atom stereocenters. The number of benzene rings is 1. The van der Waals surface area contributed by atoms with Gasteiger partial charge in [0.05, 0.1) is 25.0 Å². The molecular formula is C27H30N6O3S. The Bertz CT molecular complexity index is 1330. The molecule has 0 N–H and O–H groups in total. The van der Waals surface area contributed by atoms with Gasteiger partial charge in [-0.1, -0.05) is 12.1 Å². The second-order valence-electron chi connectivity index (χ2n) is 10.4. The standard InChI is InChI=1S/C27H30N6O3S/c1-31(2)17-24-29-26(37-30-24)32-11-8-27(9-12-32)14-20-13-22(28-15-23(20)36-27)18-3-5-19(6-4-18)25(35)33-10-7-21(34)16-33/h3-6,13,15H,7-12,14,16-17H2,1-2H3. The number of carbonyl (C=O) groups excluding carboxylic acids is 2. The van der Waals surface area contributed by atoms with Crippen LogP contribution in [0.3, 0.4) is 0 Å². The predicted octanol–water partition coefficient (Wildman–Crippen LogP) is 3.05. The number of hydrogen-bond donors (Lipinski definition) is 0. The van der Waals surface area contributed by atoms with Gasteiger partial charge in [-0.15, -0.1) is 0 Å². The smallest absolute Gasteiger partial charge is 0.254 e. The Morgan fingerprint density at radius 3 is 2.65 bits per heavy atom. The van der Waals surface area contributed by atoms with Crippen molar-refractivity contribution < 1.29 is 14.3 Å². The van der Waals surface area contributed by atoms with E-state index < -0.39 is 0 Å². The van der Waals surface area contributed by atoms with Crippen LogP contribution in [0.1, 0.15) is 41.0 Å². The maximum atomic E-state index is 12.7. The minimum absolute atomic E-state index is 0.0940. The van der Waals surface area contributed by atoms with E-state index in [1.54, 1.807) is 4.90 Å². The van der Waals surface area contributed by atoms with Gasteiger partial charge in [-0.3, -0.25) is 14.6 Å². The molecule has 2 fully saturated rings. The van der Waals surface area contributed by atoms with Gasteiger partial charge >= 0.3 is 0 Å². The average molecular weight is 519 g/mol. The second-order valence-corrected chi connectivity index (χ2v) is 11.2. The number of fused-ring (bicyclic) bond motifs is 1. The second kappa shape index (κ2) is 9.50. The average Bonchev–Trinajstić information content (AvgIpc) is 3.62. The third kappa shape index (κ3) is 4.83. The fourth-order valence-electron chi connectivity index (χ4n) is 5.36. The number of amides is 1. The first kappa shape index (κ1) is 24.0. The van der Waals surface area contributed by atoms with Crippen LogP contribution in [-0.4, -0.2) is 81.7 Å². The minimum atomic E-state index is -0.195. The largest absolute Gasteiger partial charge is 0.485 e. The maximum Gasteiger partial charge on any atom is 0.254 e. The molecule has 1 amide bonds. The van der Waals surface area contributed by atoms with Crippen molar-refractivity contribution in [3.63, 3.8) is 0 Å². The summed E-state index contributed by atoms with van der Waals surface area (Å²) in [6.45, 7) is 3.25. The van der Waals surface area contributed by atoms with E-state index in [1.807, 2.05) is 44.6 Å². The van der Waals surface area contributed by atoms with E-state index in [9.17, 15) is 9.59 Å². The van der Waals surface area contributed by atoms with E-state index in [4.69, 9.17) is 9.72 Å². The summed E-state index contributed by atoms with van der Waals surface area (Å²) in [5.74, 6) is 1.76. The number of hydrogen-bond acceptors (Lipinski definition) is 9. The molecule has 6 rings (SSSR count). The topological polar surface area (TPSA) is 91.8 Å². The molecular weight excluding hydrogens is 488 g/mol. The van der Waals surface area contributed by atoms with Crippen LogP contribution >= 0.6 is 11.5 Å². The highest BCUT2D eigenvalue weighted by molar-refractivity contribution is 7.09. The van der Waals surface area contributed by atoms with Crippen LogP contribution in [-0.2, 0) is 17.8 Å². The number of likely N-dealkylation sites (tertiary alicyclic amines) is 1. The van der Waals surface area contributed by atoms with Gasteiger partial charge in [-0.25, -0.2) is 4.98 Å². The fraction of sp³-hybridized carbons (Fsp3) is 0.444. The molecule has 0 aliphatic carbocycles. The lowest BCUT2D eigenvalue weighted by atomic mass is 9.87. The Balaban J connectivity index is 1.10. The van der Waals surface area contributed by atoms with E-state index in [1.165, 1.54) is 17.1 Å². The van der Waals surface area contributed by atoms with Crippen molar-refractivity contribution in [3.8, 4) is 17.0 Å². The van der Waals surface area contributed by atoms with Gasteiger partial charge in [0.15, 0.2) is 11.6 Å². The van der Waals surface area contributed by atoms with Gasteiger partial charge in [-0.05, 0) is 32.3 Å². The van der Waals surface area contributed by atoms with Crippen LogP contribution in [0.5, 0.6) is 5.75 Å². The summed E-state index contributed by atoms with van der Waals surface area (Å²) >= 11 is 1.47. The van der Waals surface area contributed by atoms with Crippen molar-refractivity contribution >= 4 is 28.4 Å². The SMILES string of the molecule is CN(C)Cc1nsc(N2CCC3(CC2)Cc2cc(-c4ccc(C(=O)N5CCC(=O)C5)cc4)ncc2O3)n1. The number of ketones is 1. The van der Waals surface area contributed by atoms with Gasteiger partial charge in [0, 0.05) is 73.5 Å². The van der Waals surface area contributed by atoms with Gasteiger partial charge in [0.1, 0.15) is 11.4 Å². The molecule has 1 spiro atoms. The molecule has 2 saturated heterocycles. The summed E-state index contributed by atoms with van der Waals surface area (Å²) in [4.78, 5) is 39.6. The summed E-state index contributed by atoms with van der Waals surface area (Å²) < 4.78 is 11.0. The summed E-state index contributed by atoms with van der Waals surface area (Å²) in [6, 6.07) is 9.61. The number of Topliss-reactive ketones (excluding diaryl/α,β-unsaturated/α-hetero) is 1. The van der Waals surface area contributed by atoms with E-state index in [0.717, 1.165) is 66.9 Å². The van der Waals surface area contributed by atoms with Crippen LogP contribution in [0.4, 0.5) is 5.13 Å². The molecule has 37 heavy (non-hydrogen) atoms. The number of ether oxygens (including phenoxy) is 1. The van der Waals surface area contributed by atoms with Crippen molar-refractivity contribution in [1.29, 1.82) is 0 Å². The van der Waals surface area contributed by atoms with Crippen LogP contribution in [0.25, 0.3) is 11.3 Å². The van der Waals surface area contributed by atoms with Crippen molar-refractivity contribution in [3.05, 3.63) is 53.5 Å². The molecule has 2 aromatic heterocycles. The molecule has 3 aliphatic rings. The molecule has 1 aromatic carbocycles. The number of anilines is 1. The zero-order chi connectivity index (χ0) is 25.6. The Hall–Kier alpha value is -3.37. The van der Waals surface area contributed by atoms with E-state index >= 15 is 0 Å². The number of pyridine rings is 1. The molecule has 0 unspecified atom stereocenters. The molecule has 3 aliphatic heterocycles. The molecule has 0 saturated carbocycles. The van der Waals surface area contributed by atoms with Crippen molar-refractivity contribution in [2.75, 3.05) is 45.2 Å². The maximum absolute atomic E-state index is 12.7. The number of piperidine rings is 1. The highest BCUT2D eigenvalue weighted by atomic mass is 32.1. The number of rotatable bonds is 5. The molecule has 10 heteroatoms. The van der Waals surface area contributed by atoms with Crippen molar-refractivity contribution in [2.24, 2.45) is 0 Å². The first-order valence-corrected chi connectivity index (χ1v) is 13.5. The lowest BCUT2D eigenvalue weighted by molar-refractivity contribution is -0.116. The first-order valence-electron chi connectivity index (χ1n) is 12.7. The van der Waals surface area contributed by atoms with Crippen LogP contribution in [0.2, 0.25) is 0 Å². The summed E-state index contributed by atoms with van der Waals surface area (Å²) in [5.41, 5.74) is 3.41. The monoisotopic (exact) mass is 518 g/mol. The lowest BCUT2D eigenvalue weighted by Gasteiger charge is -2.38. The summed E-state index contributed by atoms with van der Waals surface area (Å²) in [7, 11) is 4.05. The van der Waals surface area contributed by atoms with E-state index in [0.29, 0.717) is 18.5 Å². The normalized spacial score (nSPS) is 18.5.